The molecule has 0 bridgehead atoms. The summed E-state index contributed by atoms with van der Waals surface area (Å²) in [6.07, 6.45) is 0. The minimum atomic E-state index is -0.219. The average molecular weight is 351 g/mol. The van der Waals surface area contributed by atoms with Crippen LogP contribution in [0, 0.1) is 9.39 Å². The highest BCUT2D eigenvalue weighted by atomic mass is 127. The van der Waals surface area contributed by atoms with Gasteiger partial charge < -0.3 is 5.73 Å². The van der Waals surface area contributed by atoms with Gasteiger partial charge in [0.25, 0.3) is 0 Å². The standard InChI is InChI=1S/C10H7FINS2/c11-6-4-9(8(13)5-7(6)12)15-10-2-1-3-14-10/h1-5H,13H2. The van der Waals surface area contributed by atoms with Crippen LogP contribution in [-0.4, -0.2) is 0 Å². The molecule has 78 valence electrons. The summed E-state index contributed by atoms with van der Waals surface area (Å²) in [5, 5.41) is 1.99. The summed E-state index contributed by atoms with van der Waals surface area (Å²) in [4.78, 5) is 0.773. The van der Waals surface area contributed by atoms with Crippen LogP contribution in [0.2, 0.25) is 0 Å². The number of nitrogen functional groups attached to an aromatic ring is 1. The van der Waals surface area contributed by atoms with E-state index < -0.39 is 0 Å². The van der Waals surface area contributed by atoms with Crippen LogP contribution >= 0.6 is 45.7 Å². The Hall–Kier alpha value is -0.270. The maximum atomic E-state index is 13.3. The van der Waals surface area contributed by atoms with Crippen molar-refractivity contribution in [2.24, 2.45) is 0 Å². The Kier molecular flexibility index (Phi) is 3.53. The van der Waals surface area contributed by atoms with Gasteiger partial charge in [0.15, 0.2) is 0 Å². The molecule has 2 aromatic rings. The van der Waals surface area contributed by atoms with Crippen LogP contribution in [0.4, 0.5) is 10.1 Å². The van der Waals surface area contributed by atoms with Crippen molar-refractivity contribution in [2.45, 2.75) is 9.10 Å². The summed E-state index contributed by atoms with van der Waals surface area (Å²) in [6.45, 7) is 0. The molecule has 5 heteroatoms. The van der Waals surface area contributed by atoms with E-state index in [9.17, 15) is 4.39 Å². The molecule has 1 nitrogen and oxygen atoms in total. The largest absolute Gasteiger partial charge is 0.398 e. The Bertz CT molecular complexity index is 471. The van der Waals surface area contributed by atoms with Crippen molar-refractivity contribution in [1.29, 1.82) is 0 Å². The zero-order chi connectivity index (χ0) is 10.8. The third kappa shape index (κ3) is 2.64. The molecule has 2 rings (SSSR count). The molecule has 0 fully saturated rings. The van der Waals surface area contributed by atoms with Crippen molar-refractivity contribution in [3.63, 3.8) is 0 Å². The molecule has 0 spiro atoms. The molecule has 1 aromatic heterocycles. The predicted octanol–water partition coefficient (Wildman–Crippen LogP) is 4.23. The van der Waals surface area contributed by atoms with E-state index in [1.54, 1.807) is 17.4 Å². The van der Waals surface area contributed by atoms with Crippen LogP contribution in [-0.2, 0) is 0 Å². The lowest BCUT2D eigenvalue weighted by Crippen LogP contribution is -1.92. The molecule has 0 aliphatic rings. The first-order valence-electron chi connectivity index (χ1n) is 4.12. The summed E-state index contributed by atoms with van der Waals surface area (Å²) < 4.78 is 15.0. The lowest BCUT2D eigenvalue weighted by Gasteiger charge is -2.05. The van der Waals surface area contributed by atoms with Crippen LogP contribution < -0.4 is 5.73 Å². The van der Waals surface area contributed by atoms with Gasteiger partial charge in [-0.25, -0.2) is 4.39 Å². The van der Waals surface area contributed by atoms with Crippen molar-refractivity contribution in [3.8, 4) is 0 Å². The summed E-state index contributed by atoms with van der Waals surface area (Å²) in [5.74, 6) is -0.219. The Labute approximate surface area is 109 Å². The number of halogens is 2. The van der Waals surface area contributed by atoms with E-state index >= 15 is 0 Å². The fraction of sp³-hybridized carbons (Fsp3) is 0. The molecule has 15 heavy (non-hydrogen) atoms. The van der Waals surface area contributed by atoms with Gasteiger partial charge in [0.1, 0.15) is 5.82 Å². The highest BCUT2D eigenvalue weighted by molar-refractivity contribution is 14.1. The third-order valence-corrected chi connectivity index (χ3v) is 4.70. The molecule has 2 N–H and O–H groups in total. The van der Waals surface area contributed by atoms with Crippen molar-refractivity contribution in [2.75, 3.05) is 5.73 Å². The van der Waals surface area contributed by atoms with Gasteiger partial charge in [-0.1, -0.05) is 17.8 Å². The molecule has 0 radical (unpaired) electrons. The number of thiophene rings is 1. The third-order valence-electron chi connectivity index (χ3n) is 1.76. The number of hydrogen-bond acceptors (Lipinski definition) is 3. The van der Waals surface area contributed by atoms with Gasteiger partial charge in [-0.05, 0) is 46.2 Å². The summed E-state index contributed by atoms with van der Waals surface area (Å²) >= 11 is 5.05. The van der Waals surface area contributed by atoms with Crippen LogP contribution in [0.15, 0.2) is 38.8 Å². The van der Waals surface area contributed by atoms with Gasteiger partial charge in [-0.2, -0.15) is 0 Å². The first kappa shape index (κ1) is 11.2. The average Bonchev–Trinajstić information content (AvgIpc) is 2.67. The van der Waals surface area contributed by atoms with Gasteiger partial charge >= 0.3 is 0 Å². The van der Waals surface area contributed by atoms with Crippen LogP contribution in [0.25, 0.3) is 0 Å². The normalized spacial score (nSPS) is 10.5. The summed E-state index contributed by atoms with van der Waals surface area (Å²) in [5.41, 5.74) is 6.44. The van der Waals surface area contributed by atoms with Crippen LogP contribution in [0.3, 0.4) is 0 Å². The Morgan fingerprint density at radius 1 is 1.40 bits per heavy atom. The number of hydrogen-bond donors (Lipinski definition) is 1. The lowest BCUT2D eigenvalue weighted by molar-refractivity contribution is 0.617. The maximum Gasteiger partial charge on any atom is 0.137 e. The number of rotatable bonds is 2. The quantitative estimate of drug-likeness (QED) is 0.648. The maximum absolute atomic E-state index is 13.3. The van der Waals surface area contributed by atoms with Crippen LogP contribution in [0.1, 0.15) is 0 Å². The SMILES string of the molecule is Nc1cc(I)c(F)cc1Sc1cccs1. The number of anilines is 1. The predicted molar refractivity (Wildman–Crippen MR) is 72.0 cm³/mol. The first-order chi connectivity index (χ1) is 7.16. The second-order valence-corrected chi connectivity index (χ2v) is 6.29. The first-order valence-corrected chi connectivity index (χ1v) is 6.90. The smallest absolute Gasteiger partial charge is 0.137 e. The van der Waals surface area contributed by atoms with Gasteiger partial charge in [0.05, 0.1) is 7.78 Å². The lowest BCUT2D eigenvalue weighted by atomic mass is 10.3. The number of benzene rings is 1. The molecule has 0 saturated carbocycles. The van der Waals surface area contributed by atoms with Crippen LogP contribution in [0.5, 0.6) is 0 Å². The Balaban J connectivity index is 2.33. The molecule has 0 unspecified atom stereocenters. The van der Waals surface area contributed by atoms with Crippen molar-refractivity contribution >= 4 is 51.4 Å². The number of nitrogens with two attached hydrogens (primary N) is 1. The van der Waals surface area contributed by atoms with E-state index in [4.69, 9.17) is 5.73 Å². The van der Waals surface area contributed by atoms with E-state index in [0.717, 1.165) is 9.10 Å². The molecular weight excluding hydrogens is 344 g/mol. The van der Waals surface area contributed by atoms with E-state index in [2.05, 4.69) is 0 Å². The Morgan fingerprint density at radius 2 is 2.20 bits per heavy atom. The highest BCUT2D eigenvalue weighted by Gasteiger charge is 2.07. The molecule has 1 heterocycles. The molecular formula is C10H7FINS2. The molecule has 0 atom stereocenters. The van der Waals surface area contributed by atoms with E-state index in [1.165, 1.54) is 17.8 Å². The van der Waals surface area contributed by atoms with Gasteiger partial charge in [0, 0.05) is 10.6 Å². The zero-order valence-corrected chi connectivity index (χ0v) is 11.3. The fourth-order valence-electron chi connectivity index (χ4n) is 1.06. The zero-order valence-electron chi connectivity index (χ0n) is 7.54. The Morgan fingerprint density at radius 3 is 2.87 bits per heavy atom. The van der Waals surface area contributed by atoms with Crippen molar-refractivity contribution < 1.29 is 4.39 Å². The topological polar surface area (TPSA) is 26.0 Å². The van der Waals surface area contributed by atoms with E-state index in [-0.39, 0.29) is 5.82 Å². The molecule has 0 saturated heterocycles. The van der Waals surface area contributed by atoms with Crippen molar-refractivity contribution in [1.82, 2.24) is 0 Å². The minimum Gasteiger partial charge on any atom is -0.398 e. The second kappa shape index (κ2) is 4.71. The van der Waals surface area contributed by atoms with Gasteiger partial charge in [-0.3, -0.25) is 0 Å². The fourth-order valence-corrected chi connectivity index (χ4v) is 3.33. The van der Waals surface area contributed by atoms with E-state index in [0.29, 0.717) is 9.26 Å². The summed E-state index contributed by atoms with van der Waals surface area (Å²) in [7, 11) is 0. The second-order valence-electron chi connectivity index (χ2n) is 2.84. The molecule has 0 aliphatic carbocycles. The monoisotopic (exact) mass is 351 g/mol. The molecule has 1 aromatic carbocycles. The summed E-state index contributed by atoms with van der Waals surface area (Å²) in [6, 6.07) is 7.10. The van der Waals surface area contributed by atoms with Crippen molar-refractivity contribution in [3.05, 3.63) is 39.0 Å². The molecule has 0 aliphatic heterocycles. The highest BCUT2D eigenvalue weighted by Crippen LogP contribution is 2.36. The minimum absolute atomic E-state index is 0.219. The van der Waals surface area contributed by atoms with E-state index in [1.807, 2.05) is 40.1 Å². The van der Waals surface area contributed by atoms with Gasteiger partial charge in [-0.15, -0.1) is 11.3 Å². The van der Waals surface area contributed by atoms with Gasteiger partial charge in [0.2, 0.25) is 0 Å². The molecule has 0 amide bonds.